The Morgan fingerprint density at radius 3 is 2.50 bits per heavy atom. The van der Waals surface area contributed by atoms with Crippen molar-refractivity contribution < 1.29 is 18.0 Å². The molecule has 0 saturated carbocycles. The zero-order valence-corrected chi connectivity index (χ0v) is 17.7. The third kappa shape index (κ3) is 4.91. The van der Waals surface area contributed by atoms with E-state index in [9.17, 15) is 18.0 Å². The van der Waals surface area contributed by atoms with Crippen LogP contribution >= 0.6 is 34.8 Å². The van der Waals surface area contributed by atoms with Gasteiger partial charge in [0.25, 0.3) is 0 Å². The molecule has 0 aliphatic rings. The molecule has 3 aromatic rings. The zero-order chi connectivity index (χ0) is 22.1. The molecule has 1 amide bonds. The van der Waals surface area contributed by atoms with Crippen LogP contribution in [0, 0.1) is 0 Å². The summed E-state index contributed by atoms with van der Waals surface area (Å²) in [4.78, 5) is 12.6. The number of alkyl halides is 3. The minimum atomic E-state index is -4.63. The number of aromatic nitrogens is 2. The van der Waals surface area contributed by atoms with Crippen LogP contribution in [0.1, 0.15) is 29.8 Å². The van der Waals surface area contributed by atoms with Crippen LogP contribution in [-0.4, -0.2) is 15.7 Å². The summed E-state index contributed by atoms with van der Waals surface area (Å²) in [5.41, 5.74) is -0.0748. The highest BCUT2D eigenvalue weighted by Gasteiger charge is 2.35. The fourth-order valence-electron chi connectivity index (χ4n) is 2.84. The minimum Gasteiger partial charge on any atom is -0.350 e. The maximum atomic E-state index is 13.2. The van der Waals surface area contributed by atoms with Crippen LogP contribution < -0.4 is 5.32 Å². The first kappa shape index (κ1) is 22.5. The summed E-state index contributed by atoms with van der Waals surface area (Å²) in [5, 5.41) is 7.18. The molecule has 0 radical (unpaired) electrons. The molecule has 0 fully saturated rings. The van der Waals surface area contributed by atoms with E-state index < -0.39 is 23.7 Å². The van der Waals surface area contributed by atoms with E-state index >= 15 is 0 Å². The standard InChI is InChI=1S/C20H15Cl3F3N3O/c1-11(15-6-3-7-16(22)18(15)23)19(30)27-10-14-9-17(20(24,25)26)28-29(14)13-5-2-4-12(21)8-13/h2-9,11H,10H2,1H3,(H,27,30). The Hall–Kier alpha value is -2.22. The van der Waals surface area contributed by atoms with Crippen LogP contribution in [0.4, 0.5) is 13.2 Å². The van der Waals surface area contributed by atoms with Crippen LogP contribution in [0.25, 0.3) is 5.69 Å². The first-order valence-electron chi connectivity index (χ1n) is 8.71. The zero-order valence-electron chi connectivity index (χ0n) is 15.5. The van der Waals surface area contributed by atoms with Gasteiger partial charge in [0, 0.05) is 5.02 Å². The normalized spacial score (nSPS) is 12.6. The molecule has 4 nitrogen and oxygen atoms in total. The van der Waals surface area contributed by atoms with Crippen molar-refractivity contribution in [2.75, 3.05) is 0 Å². The first-order valence-corrected chi connectivity index (χ1v) is 9.85. The predicted molar refractivity (Wildman–Crippen MR) is 110 cm³/mol. The molecular formula is C20H15Cl3F3N3O. The van der Waals surface area contributed by atoms with Gasteiger partial charge in [0.2, 0.25) is 5.91 Å². The summed E-state index contributed by atoms with van der Waals surface area (Å²) in [6, 6.07) is 12.1. The van der Waals surface area contributed by atoms with Crippen LogP contribution in [0.5, 0.6) is 0 Å². The van der Waals surface area contributed by atoms with E-state index in [1.54, 1.807) is 43.3 Å². The second-order valence-electron chi connectivity index (χ2n) is 6.49. The molecule has 1 heterocycles. The molecule has 0 aliphatic carbocycles. The van der Waals surface area contributed by atoms with Crippen LogP contribution in [-0.2, 0) is 17.5 Å². The summed E-state index contributed by atoms with van der Waals surface area (Å²) in [7, 11) is 0. The van der Waals surface area contributed by atoms with Gasteiger partial charge < -0.3 is 5.32 Å². The highest BCUT2D eigenvalue weighted by molar-refractivity contribution is 6.42. The van der Waals surface area contributed by atoms with Gasteiger partial charge in [0.05, 0.1) is 33.9 Å². The number of amides is 1. The van der Waals surface area contributed by atoms with Crippen molar-refractivity contribution in [1.29, 1.82) is 0 Å². The van der Waals surface area contributed by atoms with E-state index in [-0.39, 0.29) is 17.3 Å². The lowest BCUT2D eigenvalue weighted by Gasteiger charge is -2.15. The molecule has 0 spiro atoms. The maximum Gasteiger partial charge on any atom is 0.435 e. The van der Waals surface area contributed by atoms with Crippen molar-refractivity contribution in [3.63, 3.8) is 0 Å². The van der Waals surface area contributed by atoms with Gasteiger partial charge in [0.1, 0.15) is 0 Å². The van der Waals surface area contributed by atoms with E-state index in [4.69, 9.17) is 34.8 Å². The molecule has 1 unspecified atom stereocenters. The number of carbonyl (C=O) groups excluding carboxylic acids is 1. The first-order chi connectivity index (χ1) is 14.1. The van der Waals surface area contributed by atoms with Crippen LogP contribution in [0.2, 0.25) is 15.1 Å². The number of hydrogen-bond acceptors (Lipinski definition) is 2. The molecular weight excluding hydrogens is 462 g/mol. The summed E-state index contributed by atoms with van der Waals surface area (Å²) in [5.74, 6) is -1.09. The number of carbonyl (C=O) groups is 1. The molecule has 2 aromatic carbocycles. The summed E-state index contributed by atoms with van der Waals surface area (Å²) >= 11 is 18.1. The number of rotatable bonds is 5. The molecule has 3 rings (SSSR count). The van der Waals surface area contributed by atoms with Crippen molar-refractivity contribution >= 4 is 40.7 Å². The fourth-order valence-corrected chi connectivity index (χ4v) is 3.50. The summed E-state index contributed by atoms with van der Waals surface area (Å²) < 4.78 is 40.7. The Morgan fingerprint density at radius 1 is 1.13 bits per heavy atom. The van der Waals surface area contributed by atoms with E-state index in [1.165, 1.54) is 6.07 Å². The predicted octanol–water partition coefficient (Wildman–Crippen LogP) is 6.27. The smallest absolute Gasteiger partial charge is 0.350 e. The van der Waals surface area contributed by atoms with Gasteiger partial charge in [0.15, 0.2) is 5.69 Å². The van der Waals surface area contributed by atoms with Gasteiger partial charge >= 0.3 is 6.18 Å². The molecule has 1 N–H and O–H groups in total. The second kappa shape index (κ2) is 8.88. The molecule has 1 atom stereocenters. The lowest BCUT2D eigenvalue weighted by molar-refractivity contribution is -0.141. The van der Waals surface area contributed by atoms with E-state index in [2.05, 4.69) is 10.4 Å². The highest BCUT2D eigenvalue weighted by atomic mass is 35.5. The lowest BCUT2D eigenvalue weighted by atomic mass is 10.0. The average molecular weight is 477 g/mol. The lowest BCUT2D eigenvalue weighted by Crippen LogP contribution is -2.28. The SMILES string of the molecule is CC(C(=O)NCc1cc(C(F)(F)F)nn1-c1cccc(Cl)c1)c1cccc(Cl)c1Cl. The van der Waals surface area contributed by atoms with E-state index in [0.717, 1.165) is 10.7 Å². The molecule has 30 heavy (non-hydrogen) atoms. The van der Waals surface area contributed by atoms with Crippen molar-refractivity contribution in [2.45, 2.75) is 25.6 Å². The summed E-state index contributed by atoms with van der Waals surface area (Å²) in [6.45, 7) is 1.44. The number of nitrogens with one attached hydrogen (secondary N) is 1. The van der Waals surface area contributed by atoms with Crippen molar-refractivity contribution in [3.05, 3.63) is 80.6 Å². The van der Waals surface area contributed by atoms with Crippen molar-refractivity contribution in [1.82, 2.24) is 15.1 Å². The van der Waals surface area contributed by atoms with Crippen molar-refractivity contribution in [3.8, 4) is 5.69 Å². The Morgan fingerprint density at radius 2 is 1.83 bits per heavy atom. The monoisotopic (exact) mass is 475 g/mol. The number of halogens is 6. The van der Waals surface area contributed by atoms with Gasteiger partial charge in [-0.05, 0) is 42.8 Å². The van der Waals surface area contributed by atoms with Crippen molar-refractivity contribution in [2.24, 2.45) is 0 Å². The molecule has 158 valence electrons. The number of benzene rings is 2. The third-order valence-electron chi connectivity index (χ3n) is 4.41. The fraction of sp³-hybridized carbons (Fsp3) is 0.200. The molecule has 10 heteroatoms. The highest BCUT2D eigenvalue weighted by Crippen LogP contribution is 2.32. The van der Waals surface area contributed by atoms with Gasteiger partial charge in [-0.3, -0.25) is 4.79 Å². The Labute approximate surface area is 185 Å². The number of nitrogens with zero attached hydrogens (tertiary/aromatic N) is 2. The Bertz CT molecular complexity index is 1080. The van der Waals surface area contributed by atoms with E-state index in [1.807, 2.05) is 0 Å². The number of hydrogen-bond donors (Lipinski definition) is 1. The van der Waals surface area contributed by atoms with Gasteiger partial charge in [-0.15, -0.1) is 0 Å². The Kier molecular flexibility index (Phi) is 6.65. The maximum absolute atomic E-state index is 13.2. The third-order valence-corrected chi connectivity index (χ3v) is 5.48. The van der Waals surface area contributed by atoms with Crippen LogP contribution in [0.3, 0.4) is 0 Å². The van der Waals surface area contributed by atoms with Gasteiger partial charge in [-0.25, -0.2) is 4.68 Å². The molecule has 0 saturated heterocycles. The minimum absolute atomic E-state index is 0.141. The molecule has 1 aromatic heterocycles. The Balaban J connectivity index is 1.86. The van der Waals surface area contributed by atoms with Crippen LogP contribution in [0.15, 0.2) is 48.5 Å². The summed E-state index contributed by atoms with van der Waals surface area (Å²) in [6.07, 6.45) is -4.63. The average Bonchev–Trinajstić information content (AvgIpc) is 3.12. The largest absolute Gasteiger partial charge is 0.435 e. The molecule has 0 bridgehead atoms. The van der Waals surface area contributed by atoms with Gasteiger partial charge in [-0.1, -0.05) is 53.0 Å². The quantitative estimate of drug-likeness (QED) is 0.472. The second-order valence-corrected chi connectivity index (χ2v) is 7.71. The molecule has 0 aliphatic heterocycles. The topological polar surface area (TPSA) is 46.9 Å². The van der Waals surface area contributed by atoms with Gasteiger partial charge in [-0.2, -0.15) is 18.3 Å². The van der Waals surface area contributed by atoms with E-state index in [0.29, 0.717) is 21.3 Å².